The van der Waals surface area contributed by atoms with Gasteiger partial charge in [-0.2, -0.15) is 5.10 Å². The molecule has 0 radical (unpaired) electrons. The van der Waals surface area contributed by atoms with Crippen LogP contribution in [0.25, 0.3) is 27.8 Å². The van der Waals surface area contributed by atoms with Crippen molar-refractivity contribution < 1.29 is 19.1 Å². The number of hydrogen-bond donors (Lipinski definition) is 2. The molecule has 2 amide bonds. The zero-order valence-corrected chi connectivity index (χ0v) is 27.9. The smallest absolute Gasteiger partial charge is 0.255 e. The third-order valence-electron chi connectivity index (χ3n) is 11.5. The summed E-state index contributed by atoms with van der Waals surface area (Å²) in [5.41, 5.74) is 12.7. The summed E-state index contributed by atoms with van der Waals surface area (Å²) < 4.78 is 19.5. The maximum absolute atomic E-state index is 15.3. The lowest BCUT2D eigenvalue weighted by atomic mass is 9.84. The highest BCUT2D eigenvalue weighted by Crippen LogP contribution is 2.42. The Morgan fingerprint density at radius 3 is 2.46 bits per heavy atom. The number of likely N-dealkylation sites (tertiary alicyclic amines) is 2. The number of halogens is 1. The standard InChI is InChI=1S/C38H47FN6O3/c1-23-33-11-8-27(38(48)43-14-2-3-30(40)22-43)21-45(33)41-35(23)34-18-28-17-29(39)19-32(36(28)44(34)20-24-4-5-24)25-12-15-42(16-13-25)37(47)26-6-9-31(46)10-7-26/h8,11,17-19,21,24-26,30-31,46H,2-7,9-10,12-16,20,22,40H2,1H3/t26-,30-,31-/m1/s1. The number of carbonyl (C=O) groups is 2. The monoisotopic (exact) mass is 654 g/mol. The van der Waals surface area contributed by atoms with E-state index in [1.807, 2.05) is 32.6 Å². The summed E-state index contributed by atoms with van der Waals surface area (Å²) in [7, 11) is 0. The molecule has 0 unspecified atom stereocenters. The molecular formula is C38H47FN6O3. The minimum absolute atomic E-state index is 0.00935. The Labute approximate surface area is 280 Å². The number of aryl methyl sites for hydroxylation is 1. The number of rotatable bonds is 6. The normalized spacial score (nSPS) is 24.1. The third kappa shape index (κ3) is 5.91. The Morgan fingerprint density at radius 1 is 0.958 bits per heavy atom. The van der Waals surface area contributed by atoms with Gasteiger partial charge in [-0.15, -0.1) is 0 Å². The van der Waals surface area contributed by atoms with Gasteiger partial charge in [-0.25, -0.2) is 8.91 Å². The second kappa shape index (κ2) is 12.6. The molecule has 3 N–H and O–H groups in total. The van der Waals surface area contributed by atoms with Crippen LogP contribution in [-0.4, -0.2) is 79.2 Å². The van der Waals surface area contributed by atoms with Gasteiger partial charge < -0.3 is 25.2 Å². The Morgan fingerprint density at radius 2 is 1.73 bits per heavy atom. The highest BCUT2D eigenvalue weighted by molar-refractivity contribution is 5.95. The van der Waals surface area contributed by atoms with Gasteiger partial charge >= 0.3 is 0 Å². The van der Waals surface area contributed by atoms with Gasteiger partial charge in [-0.1, -0.05) is 0 Å². The summed E-state index contributed by atoms with van der Waals surface area (Å²) in [6.45, 7) is 5.56. The Kier molecular flexibility index (Phi) is 8.27. The molecule has 4 aromatic rings. The van der Waals surface area contributed by atoms with Crippen LogP contribution in [0.15, 0.2) is 36.5 Å². The molecule has 10 heteroatoms. The Bertz CT molecular complexity index is 1860. The largest absolute Gasteiger partial charge is 0.393 e. The predicted molar refractivity (Wildman–Crippen MR) is 183 cm³/mol. The van der Waals surface area contributed by atoms with Gasteiger partial charge in [0.2, 0.25) is 5.91 Å². The van der Waals surface area contributed by atoms with E-state index in [1.165, 1.54) is 12.8 Å². The molecule has 0 bridgehead atoms. The molecule has 9 nitrogen and oxygen atoms in total. The number of amides is 2. The van der Waals surface area contributed by atoms with Gasteiger partial charge in [-0.05, 0) is 119 Å². The van der Waals surface area contributed by atoms with E-state index in [0.29, 0.717) is 44.0 Å². The number of hydrogen-bond acceptors (Lipinski definition) is 5. The first kappa shape index (κ1) is 31.5. The Balaban J connectivity index is 1.11. The number of nitrogens with two attached hydrogens (primary N) is 1. The number of pyridine rings is 1. The lowest BCUT2D eigenvalue weighted by molar-refractivity contribution is -0.138. The molecular weight excluding hydrogens is 607 g/mol. The van der Waals surface area contributed by atoms with E-state index in [1.54, 1.807) is 12.1 Å². The maximum Gasteiger partial charge on any atom is 0.255 e. The highest BCUT2D eigenvalue weighted by Gasteiger charge is 2.33. The van der Waals surface area contributed by atoms with Crippen LogP contribution in [0.2, 0.25) is 0 Å². The summed E-state index contributed by atoms with van der Waals surface area (Å²) in [6, 6.07) is 9.34. The molecule has 1 aromatic carbocycles. The number of piperidine rings is 2. The quantitative estimate of drug-likeness (QED) is 0.280. The van der Waals surface area contributed by atoms with E-state index in [-0.39, 0.29) is 41.6 Å². The van der Waals surface area contributed by atoms with Gasteiger partial charge in [0.25, 0.3) is 5.91 Å². The minimum atomic E-state index is -0.276. The summed E-state index contributed by atoms with van der Waals surface area (Å²) >= 11 is 0. The second-order valence-electron chi connectivity index (χ2n) is 15.0. The fraction of sp³-hybridized carbons (Fsp3) is 0.553. The fourth-order valence-corrected chi connectivity index (χ4v) is 8.58. The number of fused-ring (bicyclic) bond motifs is 2. The molecule has 3 aromatic heterocycles. The van der Waals surface area contributed by atoms with Crippen LogP contribution in [0, 0.1) is 24.6 Å². The first-order chi connectivity index (χ1) is 23.2. The lowest BCUT2D eigenvalue weighted by Crippen LogP contribution is -2.45. The van der Waals surface area contributed by atoms with Crippen LogP contribution in [0.4, 0.5) is 4.39 Å². The van der Waals surface area contributed by atoms with Crippen molar-refractivity contribution in [1.29, 1.82) is 0 Å². The molecule has 5 heterocycles. The van der Waals surface area contributed by atoms with E-state index >= 15 is 4.39 Å². The average molecular weight is 655 g/mol. The molecule has 2 saturated heterocycles. The number of aromatic nitrogens is 3. The average Bonchev–Trinajstić information content (AvgIpc) is 3.77. The van der Waals surface area contributed by atoms with Crippen molar-refractivity contribution >= 4 is 28.2 Å². The van der Waals surface area contributed by atoms with Crippen molar-refractivity contribution in [3.63, 3.8) is 0 Å². The number of carbonyl (C=O) groups excluding carboxylic acids is 2. The summed E-state index contributed by atoms with van der Waals surface area (Å²) in [5.74, 6) is 0.711. The van der Waals surface area contributed by atoms with Crippen molar-refractivity contribution in [2.45, 2.75) is 95.7 Å². The SMILES string of the molecule is Cc1c(-c2cc3cc(F)cc(C4CCN(C(=O)[C@H]5CC[C@H](O)CC5)CC4)c3n2CC2CC2)nn2cc(C(=O)N3CCC[C@@H](N)C3)ccc12. The Hall–Kier alpha value is -3.76. The summed E-state index contributed by atoms with van der Waals surface area (Å²) in [6.07, 6.45) is 10.3. The number of aliphatic hydroxyl groups excluding tert-OH is 1. The van der Waals surface area contributed by atoms with Crippen molar-refractivity contribution in [3.05, 3.63) is 59.0 Å². The molecule has 254 valence electrons. The van der Waals surface area contributed by atoms with Crippen molar-refractivity contribution in [2.75, 3.05) is 26.2 Å². The van der Waals surface area contributed by atoms with Crippen LogP contribution < -0.4 is 5.73 Å². The molecule has 48 heavy (non-hydrogen) atoms. The minimum Gasteiger partial charge on any atom is -0.393 e. The molecule has 4 fully saturated rings. The van der Waals surface area contributed by atoms with Crippen LogP contribution in [0.3, 0.4) is 0 Å². The zero-order valence-electron chi connectivity index (χ0n) is 27.9. The van der Waals surface area contributed by atoms with Gasteiger partial charge in [0, 0.05) is 61.8 Å². The molecule has 2 aliphatic heterocycles. The van der Waals surface area contributed by atoms with Gasteiger partial charge in [0.05, 0.1) is 28.4 Å². The molecule has 8 rings (SSSR count). The highest BCUT2D eigenvalue weighted by atomic mass is 19.1. The van der Waals surface area contributed by atoms with Crippen molar-refractivity contribution in [3.8, 4) is 11.4 Å². The summed E-state index contributed by atoms with van der Waals surface area (Å²) in [5, 5.41) is 15.8. The molecule has 2 aliphatic carbocycles. The molecule has 0 spiro atoms. The van der Waals surface area contributed by atoms with E-state index in [9.17, 15) is 14.7 Å². The third-order valence-corrected chi connectivity index (χ3v) is 11.5. The van der Waals surface area contributed by atoms with E-state index < -0.39 is 0 Å². The van der Waals surface area contributed by atoms with E-state index in [2.05, 4.69) is 17.6 Å². The fourth-order valence-electron chi connectivity index (χ4n) is 8.58. The van der Waals surface area contributed by atoms with E-state index in [4.69, 9.17) is 10.8 Å². The first-order valence-electron chi connectivity index (χ1n) is 18.1. The maximum atomic E-state index is 15.3. The zero-order chi connectivity index (χ0) is 33.1. The van der Waals surface area contributed by atoms with Crippen molar-refractivity contribution in [1.82, 2.24) is 24.0 Å². The topological polar surface area (TPSA) is 109 Å². The van der Waals surface area contributed by atoms with Crippen LogP contribution in [-0.2, 0) is 11.3 Å². The predicted octanol–water partition coefficient (Wildman–Crippen LogP) is 5.63. The summed E-state index contributed by atoms with van der Waals surface area (Å²) in [4.78, 5) is 30.5. The van der Waals surface area contributed by atoms with Gasteiger partial charge in [0.15, 0.2) is 0 Å². The number of benzene rings is 1. The number of aliphatic hydroxyl groups is 1. The van der Waals surface area contributed by atoms with Gasteiger partial charge in [-0.3, -0.25) is 9.59 Å². The number of nitrogens with zero attached hydrogens (tertiary/aromatic N) is 5. The van der Waals surface area contributed by atoms with Gasteiger partial charge in [0.1, 0.15) is 11.5 Å². The molecule has 4 aliphatic rings. The van der Waals surface area contributed by atoms with Crippen LogP contribution in [0.1, 0.15) is 91.6 Å². The van der Waals surface area contributed by atoms with Crippen LogP contribution in [0.5, 0.6) is 0 Å². The van der Waals surface area contributed by atoms with E-state index in [0.717, 1.165) is 90.5 Å². The lowest BCUT2D eigenvalue weighted by Gasteiger charge is -2.36. The van der Waals surface area contributed by atoms with Crippen LogP contribution >= 0.6 is 0 Å². The second-order valence-corrected chi connectivity index (χ2v) is 15.0. The van der Waals surface area contributed by atoms with Crippen molar-refractivity contribution in [2.24, 2.45) is 17.6 Å². The molecule has 1 atom stereocenters. The first-order valence-corrected chi connectivity index (χ1v) is 18.1. The molecule has 2 saturated carbocycles.